The molecule has 4 nitrogen and oxygen atoms in total. The third kappa shape index (κ3) is 4.79. The van der Waals surface area contributed by atoms with Gasteiger partial charge in [0.05, 0.1) is 23.1 Å². The van der Waals surface area contributed by atoms with Gasteiger partial charge >= 0.3 is 6.18 Å². The molecule has 0 atom stereocenters. The topological polar surface area (TPSA) is 47.3 Å². The van der Waals surface area contributed by atoms with E-state index in [4.69, 9.17) is 9.84 Å². The molecule has 9 heteroatoms. The molecule has 3 aromatic rings. The maximum atomic E-state index is 14.3. The Balaban J connectivity index is 1.93. The summed E-state index contributed by atoms with van der Waals surface area (Å²) in [5, 5.41) is 8.83. The lowest BCUT2D eigenvalue weighted by molar-refractivity contribution is -0.138. The van der Waals surface area contributed by atoms with E-state index in [1.807, 2.05) is 0 Å². The number of aliphatic hydroxyl groups excluding tert-OH is 1. The molecule has 0 amide bonds. The standard InChI is InChI=1S/C21H19F5N2O2/c1-13-4-5-15(11-27-13)28-7-6-16(21(24,25)26)19(28)12-30-20-17(22)9-14(3-2-8-29)10-18(20)23/h4-7,9-11,29H,2-3,8,12H2,1H3. The molecule has 30 heavy (non-hydrogen) atoms. The maximum absolute atomic E-state index is 14.3. The number of halogens is 5. The highest BCUT2D eigenvalue weighted by Gasteiger charge is 2.36. The van der Waals surface area contributed by atoms with Crippen LogP contribution in [0.1, 0.15) is 28.9 Å². The molecule has 0 fully saturated rings. The van der Waals surface area contributed by atoms with Gasteiger partial charge in [-0.25, -0.2) is 8.78 Å². The molecule has 0 bridgehead atoms. The van der Waals surface area contributed by atoms with E-state index in [2.05, 4.69) is 4.98 Å². The minimum Gasteiger partial charge on any atom is -0.481 e. The van der Waals surface area contributed by atoms with Crippen molar-refractivity contribution < 1.29 is 31.8 Å². The first-order chi connectivity index (χ1) is 14.2. The number of aromatic nitrogens is 2. The zero-order chi connectivity index (χ0) is 21.9. The Kier molecular flexibility index (Phi) is 6.40. The van der Waals surface area contributed by atoms with Crippen molar-refractivity contribution in [1.29, 1.82) is 0 Å². The Morgan fingerprint density at radius 1 is 1.10 bits per heavy atom. The van der Waals surface area contributed by atoms with Crippen LogP contribution in [0.5, 0.6) is 5.75 Å². The molecule has 2 aromatic heterocycles. The lowest BCUT2D eigenvalue weighted by atomic mass is 10.1. The average molecular weight is 426 g/mol. The fourth-order valence-electron chi connectivity index (χ4n) is 3.03. The number of aryl methyl sites for hydroxylation is 2. The van der Waals surface area contributed by atoms with Crippen LogP contribution in [0.25, 0.3) is 5.69 Å². The van der Waals surface area contributed by atoms with Crippen molar-refractivity contribution in [3.05, 3.63) is 76.9 Å². The Labute approximate surface area is 169 Å². The fourth-order valence-corrected chi connectivity index (χ4v) is 3.03. The largest absolute Gasteiger partial charge is 0.481 e. The SMILES string of the molecule is Cc1ccc(-n2ccc(C(F)(F)F)c2COc2c(F)cc(CCCO)cc2F)cn1. The summed E-state index contributed by atoms with van der Waals surface area (Å²) >= 11 is 0. The molecule has 0 saturated carbocycles. The maximum Gasteiger partial charge on any atom is 0.418 e. The number of rotatable bonds is 7. The first-order valence-electron chi connectivity index (χ1n) is 9.12. The minimum atomic E-state index is -4.67. The lowest BCUT2D eigenvalue weighted by Gasteiger charge is -2.15. The Bertz CT molecular complexity index is 990. The molecule has 3 rings (SSSR count). The summed E-state index contributed by atoms with van der Waals surface area (Å²) in [4.78, 5) is 4.07. The van der Waals surface area contributed by atoms with Crippen LogP contribution in [-0.4, -0.2) is 21.3 Å². The smallest absolute Gasteiger partial charge is 0.418 e. The van der Waals surface area contributed by atoms with Gasteiger partial charge in [0.2, 0.25) is 0 Å². The molecule has 0 aliphatic carbocycles. The van der Waals surface area contributed by atoms with Crippen molar-refractivity contribution in [2.24, 2.45) is 0 Å². The number of pyridine rings is 1. The minimum absolute atomic E-state index is 0.132. The molecule has 0 aliphatic heterocycles. The number of hydrogen-bond donors (Lipinski definition) is 1. The summed E-state index contributed by atoms with van der Waals surface area (Å²) in [6, 6.07) is 6.19. The van der Waals surface area contributed by atoms with E-state index in [9.17, 15) is 22.0 Å². The molecule has 0 saturated heterocycles. The van der Waals surface area contributed by atoms with Gasteiger partial charge in [0.25, 0.3) is 0 Å². The van der Waals surface area contributed by atoms with E-state index in [0.717, 1.165) is 18.2 Å². The zero-order valence-corrected chi connectivity index (χ0v) is 16.0. The first kappa shape index (κ1) is 21.8. The summed E-state index contributed by atoms with van der Waals surface area (Å²) in [5.41, 5.74) is 0.0800. The van der Waals surface area contributed by atoms with Gasteiger partial charge in [0.15, 0.2) is 17.4 Å². The van der Waals surface area contributed by atoms with E-state index in [1.54, 1.807) is 19.1 Å². The predicted octanol–water partition coefficient (Wildman–Crippen LogP) is 4.98. The van der Waals surface area contributed by atoms with Gasteiger partial charge in [-0.15, -0.1) is 0 Å². The molecule has 2 heterocycles. The summed E-state index contributed by atoms with van der Waals surface area (Å²) in [6.07, 6.45) is -1.49. The van der Waals surface area contributed by atoms with Crippen LogP contribution in [-0.2, 0) is 19.2 Å². The van der Waals surface area contributed by atoms with Crippen molar-refractivity contribution in [2.75, 3.05) is 6.61 Å². The van der Waals surface area contributed by atoms with Crippen LogP contribution in [0.4, 0.5) is 22.0 Å². The van der Waals surface area contributed by atoms with Crippen molar-refractivity contribution in [3.8, 4) is 11.4 Å². The molecule has 1 aromatic carbocycles. The van der Waals surface area contributed by atoms with Gasteiger partial charge < -0.3 is 14.4 Å². The van der Waals surface area contributed by atoms with E-state index in [0.29, 0.717) is 23.4 Å². The van der Waals surface area contributed by atoms with Crippen molar-refractivity contribution >= 4 is 0 Å². The van der Waals surface area contributed by atoms with E-state index >= 15 is 0 Å². The highest BCUT2D eigenvalue weighted by atomic mass is 19.4. The van der Waals surface area contributed by atoms with Gasteiger partial charge in [-0.3, -0.25) is 4.98 Å². The monoisotopic (exact) mass is 426 g/mol. The Morgan fingerprint density at radius 3 is 2.37 bits per heavy atom. The Hall–Kier alpha value is -2.94. The van der Waals surface area contributed by atoms with Crippen LogP contribution in [0.15, 0.2) is 42.7 Å². The number of nitrogens with zero attached hydrogens (tertiary/aromatic N) is 2. The molecule has 1 N–H and O–H groups in total. The van der Waals surface area contributed by atoms with E-state index in [-0.39, 0.29) is 18.7 Å². The van der Waals surface area contributed by atoms with Crippen molar-refractivity contribution in [1.82, 2.24) is 9.55 Å². The average Bonchev–Trinajstić information content (AvgIpc) is 3.10. The lowest BCUT2D eigenvalue weighted by Crippen LogP contribution is -2.13. The quantitative estimate of drug-likeness (QED) is 0.542. The second-order valence-electron chi connectivity index (χ2n) is 6.71. The molecule has 0 radical (unpaired) electrons. The predicted molar refractivity (Wildman–Crippen MR) is 99.4 cm³/mol. The molecule has 0 unspecified atom stereocenters. The number of aliphatic hydroxyl groups is 1. The summed E-state index contributed by atoms with van der Waals surface area (Å²) in [5.74, 6) is -2.80. The van der Waals surface area contributed by atoms with E-state index < -0.39 is 35.7 Å². The third-order valence-corrected chi connectivity index (χ3v) is 4.51. The number of benzene rings is 1. The molecule has 0 aliphatic rings. The van der Waals surface area contributed by atoms with Crippen molar-refractivity contribution in [2.45, 2.75) is 32.5 Å². The number of ether oxygens (including phenoxy) is 1. The normalized spacial score (nSPS) is 11.7. The van der Waals surface area contributed by atoms with Crippen LogP contribution < -0.4 is 4.74 Å². The van der Waals surface area contributed by atoms with Gasteiger partial charge in [-0.05, 0) is 55.7 Å². The van der Waals surface area contributed by atoms with E-state index in [1.165, 1.54) is 17.0 Å². The van der Waals surface area contributed by atoms with Crippen LogP contribution >= 0.6 is 0 Å². The van der Waals surface area contributed by atoms with Gasteiger partial charge in [-0.2, -0.15) is 13.2 Å². The highest BCUT2D eigenvalue weighted by Crippen LogP contribution is 2.35. The summed E-state index contributed by atoms with van der Waals surface area (Å²) < 4.78 is 75.3. The molecule has 160 valence electrons. The summed E-state index contributed by atoms with van der Waals surface area (Å²) in [6.45, 7) is 0.895. The third-order valence-electron chi connectivity index (χ3n) is 4.51. The molecular weight excluding hydrogens is 407 g/mol. The number of alkyl halides is 3. The van der Waals surface area contributed by atoms with Gasteiger partial charge in [0.1, 0.15) is 6.61 Å². The number of hydrogen-bond acceptors (Lipinski definition) is 3. The van der Waals surface area contributed by atoms with Gasteiger partial charge in [-0.1, -0.05) is 0 Å². The second kappa shape index (κ2) is 8.83. The molecular formula is C21H19F5N2O2. The van der Waals surface area contributed by atoms with Crippen molar-refractivity contribution in [3.63, 3.8) is 0 Å². The highest BCUT2D eigenvalue weighted by molar-refractivity contribution is 5.39. The zero-order valence-electron chi connectivity index (χ0n) is 16.0. The summed E-state index contributed by atoms with van der Waals surface area (Å²) in [7, 11) is 0. The van der Waals surface area contributed by atoms with Crippen LogP contribution in [0.3, 0.4) is 0 Å². The fraction of sp³-hybridized carbons (Fsp3) is 0.286. The second-order valence-corrected chi connectivity index (χ2v) is 6.71. The van der Waals surface area contributed by atoms with Gasteiger partial charge in [0, 0.05) is 18.5 Å². The first-order valence-corrected chi connectivity index (χ1v) is 9.12. The molecule has 0 spiro atoms. The van der Waals surface area contributed by atoms with Crippen LogP contribution in [0.2, 0.25) is 0 Å². The Morgan fingerprint density at radius 2 is 1.80 bits per heavy atom. The van der Waals surface area contributed by atoms with Crippen LogP contribution in [0, 0.1) is 18.6 Å².